The largest absolute Gasteiger partial charge is 0.346 e. The molecule has 4 nitrogen and oxygen atoms in total. The van der Waals surface area contributed by atoms with Gasteiger partial charge in [-0.15, -0.1) is 16.8 Å². The summed E-state index contributed by atoms with van der Waals surface area (Å²) in [4.78, 5) is 2.17. The summed E-state index contributed by atoms with van der Waals surface area (Å²) in [7, 11) is 0. The standard InChI is InChI=1S/C10H13ClN4/c1-2-8-7-12-5-6-15(8)10-4-3-9(11)13-14-10/h2-4,8,12H,1,5-7H2/t8-/m0/s1. The van der Waals surface area contributed by atoms with E-state index >= 15 is 0 Å². The van der Waals surface area contributed by atoms with Crippen LogP contribution in [0.15, 0.2) is 24.8 Å². The number of aromatic nitrogens is 2. The van der Waals surface area contributed by atoms with E-state index in [0.717, 1.165) is 25.5 Å². The summed E-state index contributed by atoms with van der Waals surface area (Å²) in [5, 5.41) is 11.6. The lowest BCUT2D eigenvalue weighted by atomic mass is 10.2. The zero-order valence-corrected chi connectivity index (χ0v) is 9.11. The van der Waals surface area contributed by atoms with Crippen molar-refractivity contribution >= 4 is 17.4 Å². The number of halogens is 1. The highest BCUT2D eigenvalue weighted by Gasteiger charge is 2.20. The molecule has 1 aliphatic heterocycles. The van der Waals surface area contributed by atoms with Crippen molar-refractivity contribution in [1.29, 1.82) is 0 Å². The normalized spacial score (nSPS) is 21.4. The Hall–Kier alpha value is -1.13. The molecular weight excluding hydrogens is 212 g/mol. The lowest BCUT2D eigenvalue weighted by molar-refractivity contribution is 0.524. The van der Waals surface area contributed by atoms with Gasteiger partial charge in [0, 0.05) is 19.6 Å². The monoisotopic (exact) mass is 224 g/mol. The molecule has 5 heteroatoms. The average Bonchev–Trinajstić information content (AvgIpc) is 2.30. The van der Waals surface area contributed by atoms with Crippen LogP contribution in [0, 0.1) is 0 Å². The van der Waals surface area contributed by atoms with E-state index in [1.165, 1.54) is 0 Å². The Bertz CT molecular complexity index is 338. The molecule has 15 heavy (non-hydrogen) atoms. The van der Waals surface area contributed by atoms with Gasteiger partial charge < -0.3 is 10.2 Å². The van der Waals surface area contributed by atoms with E-state index in [-0.39, 0.29) is 6.04 Å². The molecule has 0 unspecified atom stereocenters. The van der Waals surface area contributed by atoms with Gasteiger partial charge in [0.05, 0.1) is 6.04 Å². The van der Waals surface area contributed by atoms with Gasteiger partial charge >= 0.3 is 0 Å². The first-order chi connectivity index (χ1) is 7.31. The van der Waals surface area contributed by atoms with Gasteiger partial charge in [-0.2, -0.15) is 0 Å². The first-order valence-electron chi connectivity index (χ1n) is 4.90. The predicted molar refractivity (Wildman–Crippen MR) is 61.2 cm³/mol. The van der Waals surface area contributed by atoms with E-state index in [1.807, 2.05) is 12.1 Å². The highest BCUT2D eigenvalue weighted by atomic mass is 35.5. The molecule has 0 spiro atoms. The van der Waals surface area contributed by atoms with Crippen molar-refractivity contribution in [2.24, 2.45) is 0 Å². The van der Waals surface area contributed by atoms with Gasteiger partial charge in [0.1, 0.15) is 0 Å². The maximum Gasteiger partial charge on any atom is 0.151 e. The van der Waals surface area contributed by atoms with E-state index in [0.29, 0.717) is 5.15 Å². The lowest BCUT2D eigenvalue weighted by Gasteiger charge is -2.34. The van der Waals surface area contributed by atoms with Crippen LogP contribution in [0.5, 0.6) is 0 Å². The molecule has 1 N–H and O–H groups in total. The Morgan fingerprint density at radius 3 is 3.07 bits per heavy atom. The number of rotatable bonds is 2. The van der Waals surface area contributed by atoms with E-state index in [9.17, 15) is 0 Å². The van der Waals surface area contributed by atoms with Gasteiger partial charge in [0.25, 0.3) is 0 Å². The molecule has 80 valence electrons. The zero-order valence-electron chi connectivity index (χ0n) is 8.36. The number of piperazine rings is 1. The third-order valence-electron chi connectivity index (χ3n) is 2.47. The molecule has 0 amide bonds. The molecule has 1 saturated heterocycles. The van der Waals surface area contributed by atoms with Crippen LogP contribution >= 0.6 is 11.6 Å². The fraction of sp³-hybridized carbons (Fsp3) is 0.400. The molecular formula is C10H13ClN4. The quantitative estimate of drug-likeness (QED) is 0.764. The van der Waals surface area contributed by atoms with Crippen molar-refractivity contribution in [3.8, 4) is 0 Å². The van der Waals surface area contributed by atoms with Gasteiger partial charge in [-0.3, -0.25) is 0 Å². The van der Waals surface area contributed by atoms with Crippen LogP contribution in [-0.2, 0) is 0 Å². The van der Waals surface area contributed by atoms with Crippen molar-refractivity contribution in [3.05, 3.63) is 29.9 Å². The summed E-state index contributed by atoms with van der Waals surface area (Å²) in [6.07, 6.45) is 1.92. The Morgan fingerprint density at radius 1 is 1.53 bits per heavy atom. The first-order valence-corrected chi connectivity index (χ1v) is 5.28. The van der Waals surface area contributed by atoms with Gasteiger partial charge in [-0.05, 0) is 12.1 Å². The predicted octanol–water partition coefficient (Wildman–Crippen LogP) is 1.09. The minimum atomic E-state index is 0.272. The first kappa shape index (κ1) is 10.4. The molecule has 1 fully saturated rings. The Kier molecular flexibility index (Phi) is 3.18. The number of nitrogens with one attached hydrogen (secondary N) is 1. The fourth-order valence-corrected chi connectivity index (χ4v) is 1.78. The van der Waals surface area contributed by atoms with Gasteiger partial charge in [-0.1, -0.05) is 17.7 Å². The van der Waals surface area contributed by atoms with Crippen molar-refractivity contribution < 1.29 is 0 Å². The maximum absolute atomic E-state index is 5.70. The second-order valence-corrected chi connectivity index (χ2v) is 3.80. The van der Waals surface area contributed by atoms with E-state index in [4.69, 9.17) is 11.6 Å². The Morgan fingerprint density at radius 2 is 2.40 bits per heavy atom. The van der Waals surface area contributed by atoms with Crippen molar-refractivity contribution in [3.63, 3.8) is 0 Å². The summed E-state index contributed by atoms with van der Waals surface area (Å²) in [6, 6.07) is 3.91. The summed E-state index contributed by atoms with van der Waals surface area (Å²) in [5.74, 6) is 0.853. The number of nitrogens with zero attached hydrogens (tertiary/aromatic N) is 3. The molecule has 0 aromatic carbocycles. The number of anilines is 1. The molecule has 1 aromatic heterocycles. The van der Waals surface area contributed by atoms with Crippen molar-refractivity contribution in [2.75, 3.05) is 24.5 Å². The van der Waals surface area contributed by atoms with Crippen LogP contribution in [-0.4, -0.2) is 35.9 Å². The molecule has 0 saturated carbocycles. The third kappa shape index (κ3) is 2.27. The molecule has 2 heterocycles. The topological polar surface area (TPSA) is 41.0 Å². The second-order valence-electron chi connectivity index (χ2n) is 3.41. The molecule has 1 aliphatic rings. The van der Waals surface area contributed by atoms with Gasteiger partial charge in [-0.25, -0.2) is 0 Å². The van der Waals surface area contributed by atoms with Crippen LogP contribution < -0.4 is 10.2 Å². The van der Waals surface area contributed by atoms with Crippen LogP contribution in [0.1, 0.15) is 0 Å². The SMILES string of the molecule is C=C[C@H]1CNCCN1c1ccc(Cl)nn1. The van der Waals surface area contributed by atoms with Gasteiger partial charge in [0.15, 0.2) is 11.0 Å². The van der Waals surface area contributed by atoms with Crippen LogP contribution in [0.2, 0.25) is 5.15 Å². The average molecular weight is 225 g/mol. The highest BCUT2D eigenvalue weighted by Crippen LogP contribution is 2.16. The van der Waals surface area contributed by atoms with Crippen LogP contribution in [0.4, 0.5) is 5.82 Å². The molecule has 0 bridgehead atoms. The molecule has 1 aromatic rings. The molecule has 2 rings (SSSR count). The zero-order chi connectivity index (χ0) is 10.7. The summed E-state index contributed by atoms with van der Waals surface area (Å²) in [5.41, 5.74) is 0. The Labute approximate surface area is 93.9 Å². The number of hydrogen-bond acceptors (Lipinski definition) is 4. The summed E-state index contributed by atoms with van der Waals surface area (Å²) >= 11 is 5.70. The molecule has 1 atom stereocenters. The van der Waals surface area contributed by atoms with E-state index < -0.39 is 0 Å². The maximum atomic E-state index is 5.70. The summed E-state index contributed by atoms with van der Waals surface area (Å²) < 4.78 is 0. The minimum absolute atomic E-state index is 0.272. The van der Waals surface area contributed by atoms with E-state index in [2.05, 4.69) is 27.0 Å². The van der Waals surface area contributed by atoms with Crippen LogP contribution in [0.3, 0.4) is 0 Å². The van der Waals surface area contributed by atoms with E-state index in [1.54, 1.807) is 6.07 Å². The van der Waals surface area contributed by atoms with Crippen LogP contribution in [0.25, 0.3) is 0 Å². The molecule has 0 radical (unpaired) electrons. The lowest BCUT2D eigenvalue weighted by Crippen LogP contribution is -2.50. The number of hydrogen-bond donors (Lipinski definition) is 1. The highest BCUT2D eigenvalue weighted by molar-refractivity contribution is 6.29. The summed E-state index contributed by atoms with van der Waals surface area (Å²) in [6.45, 7) is 6.58. The Balaban J connectivity index is 2.20. The third-order valence-corrected chi connectivity index (χ3v) is 2.67. The van der Waals surface area contributed by atoms with Gasteiger partial charge in [0.2, 0.25) is 0 Å². The second kappa shape index (κ2) is 4.59. The van der Waals surface area contributed by atoms with Crippen molar-refractivity contribution in [1.82, 2.24) is 15.5 Å². The van der Waals surface area contributed by atoms with Crippen molar-refractivity contribution in [2.45, 2.75) is 6.04 Å². The smallest absolute Gasteiger partial charge is 0.151 e. The molecule has 0 aliphatic carbocycles. The fourth-order valence-electron chi connectivity index (χ4n) is 1.68. The minimum Gasteiger partial charge on any atom is -0.346 e.